The molecule has 17 heavy (non-hydrogen) atoms. The van der Waals surface area contributed by atoms with Crippen molar-refractivity contribution in [2.24, 2.45) is 5.92 Å². The second-order valence-electron chi connectivity index (χ2n) is 4.93. The first-order chi connectivity index (χ1) is 8.33. The first-order valence-corrected chi connectivity index (χ1v) is 6.02. The lowest BCUT2D eigenvalue weighted by Crippen LogP contribution is -2.09. The van der Waals surface area contributed by atoms with Crippen molar-refractivity contribution in [3.8, 4) is 0 Å². The van der Waals surface area contributed by atoms with E-state index in [1.54, 1.807) is 0 Å². The molecule has 1 aromatic carbocycles. The molecule has 1 N–H and O–H groups in total. The third-order valence-electron chi connectivity index (χ3n) is 3.99. The minimum absolute atomic E-state index is 0.274. The van der Waals surface area contributed by atoms with Gasteiger partial charge in [0, 0.05) is 11.8 Å². The number of carbonyl (C=O) groups is 1. The van der Waals surface area contributed by atoms with Gasteiger partial charge in [0.1, 0.15) is 0 Å². The van der Waals surface area contributed by atoms with Gasteiger partial charge in [0.2, 0.25) is 0 Å². The van der Waals surface area contributed by atoms with E-state index in [-0.39, 0.29) is 5.78 Å². The lowest BCUT2D eigenvalue weighted by atomic mass is 9.88. The van der Waals surface area contributed by atoms with Crippen LogP contribution in [0.3, 0.4) is 0 Å². The Balaban J connectivity index is 2.00. The molecule has 1 heterocycles. The van der Waals surface area contributed by atoms with E-state index >= 15 is 0 Å². The minimum Gasteiger partial charge on any atom is -0.295 e. The summed E-state index contributed by atoms with van der Waals surface area (Å²) in [7, 11) is 0. The monoisotopic (exact) mass is 224 g/mol. The third-order valence-corrected chi connectivity index (χ3v) is 3.99. The maximum Gasteiger partial charge on any atom is 0.156 e. The molecule has 1 unspecified atom stereocenters. The standard InChI is InChI=1S/C14H12N2O/c17-9-2-1-8-5-12-10(11(8)6-9)3-4-14-13(12)7-15-16-14/h3-4,6-8H,1-2,5H2,(H,15,16). The fraction of sp³-hybridized carbons (Fsp3) is 0.286. The van der Waals surface area contributed by atoms with Crippen LogP contribution in [0.2, 0.25) is 0 Å². The predicted octanol–water partition coefficient (Wildman–Crippen LogP) is 2.48. The van der Waals surface area contributed by atoms with E-state index in [4.69, 9.17) is 0 Å². The summed E-state index contributed by atoms with van der Waals surface area (Å²) in [5, 5.41) is 8.32. The Labute approximate surface area is 98.5 Å². The molecule has 3 nitrogen and oxygen atoms in total. The lowest BCUT2D eigenvalue weighted by Gasteiger charge is -2.15. The van der Waals surface area contributed by atoms with Gasteiger partial charge in [-0.3, -0.25) is 9.89 Å². The number of rotatable bonds is 0. The molecule has 0 amide bonds. The van der Waals surface area contributed by atoms with Crippen molar-refractivity contribution in [1.29, 1.82) is 0 Å². The average molecular weight is 224 g/mol. The maximum absolute atomic E-state index is 11.5. The molecule has 1 aromatic heterocycles. The van der Waals surface area contributed by atoms with Crippen LogP contribution < -0.4 is 0 Å². The Bertz CT molecular complexity index is 666. The van der Waals surface area contributed by atoms with Crippen LogP contribution in [0.25, 0.3) is 16.5 Å². The van der Waals surface area contributed by atoms with Crippen molar-refractivity contribution < 1.29 is 4.79 Å². The van der Waals surface area contributed by atoms with E-state index < -0.39 is 0 Å². The predicted molar refractivity (Wildman–Crippen MR) is 65.5 cm³/mol. The van der Waals surface area contributed by atoms with Crippen molar-refractivity contribution in [3.63, 3.8) is 0 Å². The van der Waals surface area contributed by atoms with E-state index in [1.165, 1.54) is 22.1 Å². The maximum atomic E-state index is 11.5. The molecule has 0 radical (unpaired) electrons. The Morgan fingerprint density at radius 1 is 1.35 bits per heavy atom. The zero-order valence-corrected chi connectivity index (χ0v) is 9.36. The number of hydrogen-bond acceptors (Lipinski definition) is 2. The summed E-state index contributed by atoms with van der Waals surface area (Å²) in [6.07, 6.45) is 6.51. The Morgan fingerprint density at radius 3 is 3.24 bits per heavy atom. The first-order valence-electron chi connectivity index (χ1n) is 6.02. The number of nitrogens with one attached hydrogen (secondary N) is 1. The number of H-pyrrole nitrogens is 1. The number of aromatic nitrogens is 2. The highest BCUT2D eigenvalue weighted by atomic mass is 16.1. The van der Waals surface area contributed by atoms with Crippen molar-refractivity contribution in [2.45, 2.75) is 19.3 Å². The Hall–Kier alpha value is -1.90. The van der Waals surface area contributed by atoms with Gasteiger partial charge in [0.25, 0.3) is 0 Å². The summed E-state index contributed by atoms with van der Waals surface area (Å²) in [6.45, 7) is 0. The average Bonchev–Trinajstić information content (AvgIpc) is 2.91. The van der Waals surface area contributed by atoms with Crippen LogP contribution in [-0.4, -0.2) is 16.0 Å². The van der Waals surface area contributed by atoms with E-state index in [0.717, 1.165) is 18.4 Å². The van der Waals surface area contributed by atoms with Crippen LogP contribution >= 0.6 is 0 Å². The fourth-order valence-electron chi connectivity index (χ4n) is 3.16. The first kappa shape index (κ1) is 9.16. The molecule has 84 valence electrons. The fourth-order valence-corrected chi connectivity index (χ4v) is 3.16. The van der Waals surface area contributed by atoms with Crippen LogP contribution in [-0.2, 0) is 11.2 Å². The van der Waals surface area contributed by atoms with Gasteiger partial charge in [-0.25, -0.2) is 0 Å². The molecule has 0 fully saturated rings. The SMILES string of the molecule is O=C1C=C2c3ccc4[nH]ncc4c3CC2CC1. The van der Waals surface area contributed by atoms with Crippen LogP contribution in [0.4, 0.5) is 0 Å². The summed E-state index contributed by atoms with van der Waals surface area (Å²) in [5.74, 6) is 0.819. The van der Waals surface area contributed by atoms with Gasteiger partial charge in [-0.15, -0.1) is 0 Å². The molecule has 0 aliphatic heterocycles. The Kier molecular flexibility index (Phi) is 1.65. The second-order valence-corrected chi connectivity index (χ2v) is 4.93. The van der Waals surface area contributed by atoms with Crippen molar-refractivity contribution >= 4 is 22.3 Å². The molecule has 4 rings (SSSR count). The molecule has 2 aliphatic rings. The molecule has 0 saturated heterocycles. The van der Waals surface area contributed by atoms with Crippen LogP contribution in [0, 0.1) is 5.92 Å². The van der Waals surface area contributed by atoms with Gasteiger partial charge in [-0.05, 0) is 47.6 Å². The van der Waals surface area contributed by atoms with Crippen molar-refractivity contribution in [1.82, 2.24) is 10.2 Å². The van der Waals surface area contributed by atoms with Gasteiger partial charge >= 0.3 is 0 Å². The molecule has 1 atom stereocenters. The molecular formula is C14H12N2O. The molecule has 2 aliphatic carbocycles. The summed E-state index contributed by atoms with van der Waals surface area (Å²) in [4.78, 5) is 11.5. The van der Waals surface area contributed by atoms with E-state index in [2.05, 4.69) is 22.3 Å². The molecule has 0 bridgehead atoms. The highest BCUT2D eigenvalue weighted by Crippen LogP contribution is 2.44. The number of fused-ring (bicyclic) bond motifs is 5. The molecule has 3 heteroatoms. The van der Waals surface area contributed by atoms with Gasteiger partial charge in [0.05, 0.1) is 11.7 Å². The van der Waals surface area contributed by atoms with Crippen LogP contribution in [0.15, 0.2) is 24.4 Å². The zero-order chi connectivity index (χ0) is 11.4. The number of allylic oxidation sites excluding steroid dienone is 2. The van der Waals surface area contributed by atoms with Crippen molar-refractivity contribution in [3.05, 3.63) is 35.5 Å². The topological polar surface area (TPSA) is 45.8 Å². The van der Waals surface area contributed by atoms with E-state index in [1.807, 2.05) is 12.3 Å². The zero-order valence-electron chi connectivity index (χ0n) is 9.36. The van der Waals surface area contributed by atoms with Crippen molar-refractivity contribution in [2.75, 3.05) is 0 Å². The van der Waals surface area contributed by atoms with Gasteiger partial charge in [-0.2, -0.15) is 5.10 Å². The molecule has 0 saturated carbocycles. The Morgan fingerprint density at radius 2 is 2.29 bits per heavy atom. The van der Waals surface area contributed by atoms with E-state index in [9.17, 15) is 4.79 Å². The van der Waals surface area contributed by atoms with Gasteiger partial charge < -0.3 is 0 Å². The molecular weight excluding hydrogens is 212 g/mol. The van der Waals surface area contributed by atoms with Crippen LogP contribution in [0.5, 0.6) is 0 Å². The highest BCUT2D eigenvalue weighted by Gasteiger charge is 2.31. The van der Waals surface area contributed by atoms with E-state index in [0.29, 0.717) is 12.3 Å². The lowest BCUT2D eigenvalue weighted by molar-refractivity contribution is -0.115. The summed E-state index contributed by atoms with van der Waals surface area (Å²) < 4.78 is 0. The van der Waals surface area contributed by atoms with Gasteiger partial charge in [0.15, 0.2) is 5.78 Å². The van der Waals surface area contributed by atoms with Gasteiger partial charge in [-0.1, -0.05) is 6.07 Å². The van der Waals surface area contributed by atoms with Crippen LogP contribution in [0.1, 0.15) is 24.0 Å². The minimum atomic E-state index is 0.274. The number of benzene rings is 1. The smallest absolute Gasteiger partial charge is 0.156 e. The quantitative estimate of drug-likeness (QED) is 0.747. The normalized spacial score (nSPS) is 22.5. The molecule has 2 aromatic rings. The largest absolute Gasteiger partial charge is 0.295 e. The summed E-state index contributed by atoms with van der Waals surface area (Å²) >= 11 is 0. The molecule has 0 spiro atoms. The summed E-state index contributed by atoms with van der Waals surface area (Å²) in [5.41, 5.74) is 4.97. The summed E-state index contributed by atoms with van der Waals surface area (Å²) in [6, 6.07) is 4.18. The third kappa shape index (κ3) is 1.16. The number of carbonyl (C=O) groups excluding carboxylic acids is 1. The second kappa shape index (κ2) is 3.06. The number of aromatic amines is 1. The highest BCUT2D eigenvalue weighted by molar-refractivity contribution is 6.02. The number of ketones is 1. The number of hydrogen-bond donors (Lipinski definition) is 1. The number of nitrogens with zero attached hydrogens (tertiary/aromatic N) is 1.